The molecule has 1 atom stereocenters. The van der Waals surface area contributed by atoms with Crippen LogP contribution in [0.1, 0.15) is 46.6 Å². The lowest BCUT2D eigenvalue weighted by molar-refractivity contribution is 0.395. The first kappa shape index (κ1) is 15.9. The van der Waals surface area contributed by atoms with Gasteiger partial charge < -0.3 is 5.32 Å². The second kappa shape index (κ2) is 5.69. The van der Waals surface area contributed by atoms with Crippen molar-refractivity contribution in [3.05, 3.63) is 34.9 Å². The highest BCUT2D eigenvalue weighted by Gasteiger charge is 2.66. The quantitative estimate of drug-likeness (QED) is 0.784. The van der Waals surface area contributed by atoms with E-state index >= 15 is 0 Å². The van der Waals surface area contributed by atoms with Gasteiger partial charge in [0.25, 0.3) is 0 Å². The van der Waals surface area contributed by atoms with Crippen LogP contribution >= 0.6 is 11.6 Å². The van der Waals surface area contributed by atoms with Crippen LogP contribution in [0.3, 0.4) is 0 Å². The highest BCUT2D eigenvalue weighted by atomic mass is 35.5. The molecule has 0 radical (unpaired) electrons. The van der Waals surface area contributed by atoms with Crippen LogP contribution in [0.5, 0.6) is 0 Å². The minimum Gasteiger partial charge on any atom is -0.313 e. The summed E-state index contributed by atoms with van der Waals surface area (Å²) in [5, 5.41) is 4.59. The van der Waals surface area contributed by atoms with Crippen LogP contribution in [0.4, 0.5) is 0 Å². The van der Waals surface area contributed by atoms with Crippen LogP contribution in [0.2, 0.25) is 5.02 Å². The first-order chi connectivity index (χ1) is 9.30. The molecule has 1 aliphatic carbocycles. The van der Waals surface area contributed by atoms with E-state index in [4.69, 9.17) is 11.6 Å². The van der Waals surface area contributed by atoms with Gasteiger partial charge in [-0.2, -0.15) is 0 Å². The van der Waals surface area contributed by atoms with Crippen molar-refractivity contribution < 1.29 is 0 Å². The molecule has 112 valence electrons. The minimum atomic E-state index is 0.421. The predicted octanol–water partition coefficient (Wildman–Crippen LogP) is 4.93. The Kier molecular flexibility index (Phi) is 4.51. The van der Waals surface area contributed by atoms with E-state index in [1.165, 1.54) is 12.0 Å². The first-order valence-corrected chi connectivity index (χ1v) is 8.16. The van der Waals surface area contributed by atoms with Gasteiger partial charge >= 0.3 is 0 Å². The summed E-state index contributed by atoms with van der Waals surface area (Å²) in [7, 11) is 0. The molecule has 1 unspecified atom stereocenters. The van der Waals surface area contributed by atoms with Crippen LogP contribution < -0.4 is 5.32 Å². The van der Waals surface area contributed by atoms with Crippen molar-refractivity contribution in [3.8, 4) is 0 Å². The third kappa shape index (κ3) is 2.89. The van der Waals surface area contributed by atoms with Gasteiger partial charge in [0.05, 0.1) is 0 Å². The maximum Gasteiger partial charge on any atom is 0.0406 e. The zero-order valence-electron chi connectivity index (χ0n) is 13.5. The van der Waals surface area contributed by atoms with Gasteiger partial charge in [-0.3, -0.25) is 0 Å². The van der Waals surface area contributed by atoms with Crippen molar-refractivity contribution >= 4 is 11.6 Å². The third-order valence-corrected chi connectivity index (χ3v) is 5.81. The predicted molar refractivity (Wildman–Crippen MR) is 88.3 cm³/mol. The lowest BCUT2D eigenvalue weighted by Crippen LogP contribution is -2.36. The normalized spacial score (nSPS) is 21.7. The number of hydrogen-bond acceptors (Lipinski definition) is 1. The van der Waals surface area contributed by atoms with Crippen LogP contribution in [0.25, 0.3) is 0 Å². The van der Waals surface area contributed by atoms with E-state index in [1.54, 1.807) is 0 Å². The number of halogens is 1. The Bertz CT molecular complexity index is 433. The van der Waals surface area contributed by atoms with E-state index in [0.717, 1.165) is 23.9 Å². The fourth-order valence-electron chi connectivity index (χ4n) is 3.77. The van der Waals surface area contributed by atoms with Crippen molar-refractivity contribution in [1.82, 2.24) is 5.32 Å². The fourth-order valence-corrected chi connectivity index (χ4v) is 3.89. The van der Waals surface area contributed by atoms with E-state index in [-0.39, 0.29) is 0 Å². The zero-order chi connectivity index (χ0) is 15.0. The molecular weight excluding hydrogens is 266 g/mol. The van der Waals surface area contributed by atoms with Crippen LogP contribution in [-0.4, -0.2) is 12.6 Å². The van der Waals surface area contributed by atoms with Crippen molar-refractivity contribution in [2.24, 2.45) is 16.7 Å². The topological polar surface area (TPSA) is 12.0 Å². The van der Waals surface area contributed by atoms with Crippen molar-refractivity contribution in [2.45, 2.75) is 53.5 Å². The van der Waals surface area contributed by atoms with Gasteiger partial charge in [0, 0.05) is 11.1 Å². The summed E-state index contributed by atoms with van der Waals surface area (Å²) >= 11 is 5.98. The maximum absolute atomic E-state index is 5.98. The summed E-state index contributed by atoms with van der Waals surface area (Å²) in [6.45, 7) is 12.9. The Morgan fingerprint density at radius 3 is 2.10 bits per heavy atom. The third-order valence-electron chi connectivity index (χ3n) is 5.56. The first-order valence-electron chi connectivity index (χ1n) is 7.78. The van der Waals surface area contributed by atoms with Gasteiger partial charge in [0.2, 0.25) is 0 Å². The van der Waals surface area contributed by atoms with Crippen LogP contribution in [0, 0.1) is 16.7 Å². The molecule has 1 aliphatic rings. The van der Waals surface area contributed by atoms with Gasteiger partial charge in [0.15, 0.2) is 0 Å². The maximum atomic E-state index is 5.98. The summed E-state index contributed by atoms with van der Waals surface area (Å²) in [5.74, 6) is 0.734. The average Bonchev–Trinajstić information content (AvgIpc) is 2.78. The van der Waals surface area contributed by atoms with E-state index < -0.39 is 0 Å². The Morgan fingerprint density at radius 2 is 1.65 bits per heavy atom. The van der Waals surface area contributed by atoms with Gasteiger partial charge in [-0.05, 0) is 53.8 Å². The molecule has 2 rings (SSSR count). The lowest BCUT2D eigenvalue weighted by Gasteiger charge is -2.21. The van der Waals surface area contributed by atoms with Gasteiger partial charge in [-0.25, -0.2) is 0 Å². The Labute approximate surface area is 129 Å². The molecule has 0 aliphatic heterocycles. The Balaban J connectivity index is 2.11. The summed E-state index contributed by atoms with van der Waals surface area (Å²) in [5.41, 5.74) is 2.22. The molecule has 0 heterocycles. The van der Waals surface area contributed by atoms with E-state index in [0.29, 0.717) is 16.9 Å². The number of nitrogens with one attached hydrogen (secondary N) is 1. The second-order valence-corrected chi connectivity index (χ2v) is 7.75. The van der Waals surface area contributed by atoms with E-state index in [1.807, 2.05) is 12.1 Å². The van der Waals surface area contributed by atoms with Crippen molar-refractivity contribution in [1.29, 1.82) is 0 Å². The Hall–Kier alpha value is -0.530. The molecule has 0 amide bonds. The standard InChI is InChI=1S/C18H28ClN/c1-6-11-20-15(16-17(2,3)18(16,4)5)12-13-7-9-14(19)10-8-13/h7-10,15-16,20H,6,11-12H2,1-5H3. The molecule has 20 heavy (non-hydrogen) atoms. The number of rotatable bonds is 6. The monoisotopic (exact) mass is 293 g/mol. The highest BCUT2D eigenvalue weighted by molar-refractivity contribution is 6.30. The zero-order valence-corrected chi connectivity index (χ0v) is 14.2. The Morgan fingerprint density at radius 1 is 1.10 bits per heavy atom. The van der Waals surface area contributed by atoms with Gasteiger partial charge in [-0.1, -0.05) is 58.4 Å². The molecule has 1 aromatic carbocycles. The summed E-state index contributed by atoms with van der Waals surface area (Å²) < 4.78 is 0. The van der Waals surface area contributed by atoms with E-state index in [9.17, 15) is 0 Å². The number of hydrogen-bond donors (Lipinski definition) is 1. The molecule has 1 fully saturated rings. The minimum absolute atomic E-state index is 0.421. The molecule has 1 N–H and O–H groups in total. The van der Waals surface area contributed by atoms with Gasteiger partial charge in [0.1, 0.15) is 0 Å². The smallest absolute Gasteiger partial charge is 0.0406 e. The number of benzene rings is 1. The summed E-state index contributed by atoms with van der Waals surface area (Å²) in [6.07, 6.45) is 2.28. The molecule has 0 saturated heterocycles. The molecule has 1 nitrogen and oxygen atoms in total. The molecule has 0 bridgehead atoms. The molecule has 1 aromatic rings. The largest absolute Gasteiger partial charge is 0.313 e. The van der Waals surface area contributed by atoms with Crippen LogP contribution in [0.15, 0.2) is 24.3 Å². The van der Waals surface area contributed by atoms with Gasteiger partial charge in [-0.15, -0.1) is 0 Å². The molecular formula is C18H28ClN. The van der Waals surface area contributed by atoms with Crippen LogP contribution in [-0.2, 0) is 6.42 Å². The summed E-state index contributed by atoms with van der Waals surface area (Å²) in [6, 6.07) is 8.87. The van der Waals surface area contributed by atoms with E-state index in [2.05, 4.69) is 52.1 Å². The average molecular weight is 294 g/mol. The lowest BCUT2D eigenvalue weighted by atomic mass is 9.96. The molecule has 1 saturated carbocycles. The fraction of sp³-hybridized carbons (Fsp3) is 0.667. The van der Waals surface area contributed by atoms with Crippen molar-refractivity contribution in [2.75, 3.05) is 6.54 Å². The molecule has 2 heteroatoms. The second-order valence-electron chi connectivity index (χ2n) is 7.31. The highest BCUT2D eigenvalue weighted by Crippen LogP contribution is 2.69. The van der Waals surface area contributed by atoms with Crippen molar-refractivity contribution in [3.63, 3.8) is 0 Å². The molecule has 0 aromatic heterocycles. The molecule has 0 spiro atoms. The summed E-state index contributed by atoms with van der Waals surface area (Å²) in [4.78, 5) is 0. The SMILES string of the molecule is CCCNC(Cc1ccc(Cl)cc1)C1C(C)(C)C1(C)C.